The standard InChI is InChI=1S/C19H30N4O2/c1-3-5-11-21-18(25)16-8-6-15(7-9-16)13-22-19(20-4-2)23-12-10-17(24)14-23/h6-9,17,24H,3-5,10-14H2,1-2H3,(H,20,22)(H,21,25). The van der Waals surface area contributed by atoms with E-state index < -0.39 is 0 Å². The summed E-state index contributed by atoms with van der Waals surface area (Å²) in [7, 11) is 0. The Balaban J connectivity index is 1.93. The molecule has 1 aromatic rings. The van der Waals surface area contributed by atoms with Gasteiger partial charge in [0.2, 0.25) is 0 Å². The fourth-order valence-electron chi connectivity index (χ4n) is 2.77. The lowest BCUT2D eigenvalue weighted by Gasteiger charge is -2.20. The molecule has 1 fully saturated rings. The second kappa shape index (κ2) is 10.0. The van der Waals surface area contributed by atoms with Gasteiger partial charge in [-0.1, -0.05) is 25.5 Å². The van der Waals surface area contributed by atoms with Crippen molar-refractivity contribution < 1.29 is 9.90 Å². The first-order valence-electron chi connectivity index (χ1n) is 9.22. The van der Waals surface area contributed by atoms with E-state index in [1.807, 2.05) is 31.2 Å². The Morgan fingerprint density at radius 3 is 2.64 bits per heavy atom. The molecule has 1 aliphatic rings. The molecular weight excluding hydrogens is 316 g/mol. The highest BCUT2D eigenvalue weighted by Gasteiger charge is 2.22. The SMILES string of the molecule is CCCCNC(=O)c1ccc(CN=C(NCC)N2CCC(O)C2)cc1. The van der Waals surface area contributed by atoms with Crippen LogP contribution in [0.25, 0.3) is 0 Å². The summed E-state index contributed by atoms with van der Waals surface area (Å²) in [6, 6.07) is 7.58. The summed E-state index contributed by atoms with van der Waals surface area (Å²) in [6.07, 6.45) is 2.58. The highest BCUT2D eigenvalue weighted by molar-refractivity contribution is 5.94. The number of nitrogens with zero attached hydrogens (tertiary/aromatic N) is 2. The van der Waals surface area contributed by atoms with Crippen molar-refractivity contribution in [1.82, 2.24) is 15.5 Å². The minimum atomic E-state index is -0.269. The third-order valence-corrected chi connectivity index (χ3v) is 4.24. The molecule has 0 saturated carbocycles. The molecule has 1 saturated heterocycles. The van der Waals surface area contributed by atoms with Crippen LogP contribution in [0, 0.1) is 0 Å². The predicted molar refractivity (Wildman–Crippen MR) is 101 cm³/mol. The Kier molecular flexibility index (Phi) is 7.73. The van der Waals surface area contributed by atoms with Crippen LogP contribution in [0.15, 0.2) is 29.3 Å². The first-order chi connectivity index (χ1) is 12.1. The van der Waals surface area contributed by atoms with Gasteiger partial charge in [-0.25, -0.2) is 4.99 Å². The van der Waals surface area contributed by atoms with Gasteiger partial charge in [0.25, 0.3) is 5.91 Å². The zero-order chi connectivity index (χ0) is 18.1. The fourth-order valence-corrected chi connectivity index (χ4v) is 2.77. The Hall–Kier alpha value is -2.08. The van der Waals surface area contributed by atoms with E-state index >= 15 is 0 Å². The lowest BCUT2D eigenvalue weighted by Crippen LogP contribution is -2.40. The van der Waals surface area contributed by atoms with Crippen LogP contribution in [-0.4, -0.2) is 54.2 Å². The maximum absolute atomic E-state index is 12.0. The van der Waals surface area contributed by atoms with Gasteiger partial charge in [0, 0.05) is 31.7 Å². The largest absolute Gasteiger partial charge is 0.391 e. The zero-order valence-electron chi connectivity index (χ0n) is 15.3. The summed E-state index contributed by atoms with van der Waals surface area (Å²) in [6.45, 7) is 7.65. The average molecular weight is 346 g/mol. The van der Waals surface area contributed by atoms with Crippen LogP contribution in [0.3, 0.4) is 0 Å². The number of amides is 1. The molecule has 1 heterocycles. The molecule has 1 aliphatic heterocycles. The molecule has 2 rings (SSSR count). The maximum atomic E-state index is 12.0. The van der Waals surface area contributed by atoms with Crippen molar-refractivity contribution in [3.8, 4) is 0 Å². The molecule has 1 atom stereocenters. The number of aliphatic hydroxyl groups is 1. The zero-order valence-corrected chi connectivity index (χ0v) is 15.3. The second-order valence-electron chi connectivity index (χ2n) is 6.37. The molecule has 6 nitrogen and oxygen atoms in total. The van der Waals surface area contributed by atoms with Gasteiger partial charge < -0.3 is 20.6 Å². The Labute approximate surface area is 150 Å². The molecule has 0 radical (unpaired) electrons. The smallest absolute Gasteiger partial charge is 0.251 e. The number of hydrogen-bond acceptors (Lipinski definition) is 3. The molecule has 0 spiro atoms. The summed E-state index contributed by atoms with van der Waals surface area (Å²) in [4.78, 5) is 18.7. The minimum Gasteiger partial charge on any atom is -0.391 e. The van der Waals surface area contributed by atoms with Crippen molar-refractivity contribution in [2.45, 2.75) is 45.8 Å². The van der Waals surface area contributed by atoms with E-state index in [0.29, 0.717) is 18.7 Å². The van der Waals surface area contributed by atoms with Gasteiger partial charge in [0.05, 0.1) is 12.6 Å². The molecule has 1 amide bonds. The monoisotopic (exact) mass is 346 g/mol. The van der Waals surface area contributed by atoms with Crippen molar-refractivity contribution in [3.63, 3.8) is 0 Å². The van der Waals surface area contributed by atoms with Crippen molar-refractivity contribution in [2.24, 2.45) is 4.99 Å². The number of carbonyl (C=O) groups excluding carboxylic acids is 1. The van der Waals surface area contributed by atoms with E-state index in [9.17, 15) is 9.90 Å². The highest BCUT2D eigenvalue weighted by atomic mass is 16.3. The van der Waals surface area contributed by atoms with Crippen molar-refractivity contribution >= 4 is 11.9 Å². The molecule has 6 heteroatoms. The van der Waals surface area contributed by atoms with Crippen LogP contribution in [0.2, 0.25) is 0 Å². The second-order valence-corrected chi connectivity index (χ2v) is 6.37. The number of rotatable bonds is 7. The van der Waals surface area contributed by atoms with Crippen LogP contribution >= 0.6 is 0 Å². The molecule has 0 bridgehead atoms. The van der Waals surface area contributed by atoms with E-state index in [1.54, 1.807) is 0 Å². The quantitative estimate of drug-likeness (QED) is 0.399. The molecule has 0 aliphatic carbocycles. The lowest BCUT2D eigenvalue weighted by molar-refractivity contribution is 0.0953. The van der Waals surface area contributed by atoms with Crippen molar-refractivity contribution in [3.05, 3.63) is 35.4 Å². The van der Waals surface area contributed by atoms with Gasteiger partial charge >= 0.3 is 0 Å². The number of aliphatic imine (C=N–C) groups is 1. The van der Waals surface area contributed by atoms with Crippen LogP contribution in [0.4, 0.5) is 0 Å². The number of hydrogen-bond donors (Lipinski definition) is 3. The molecule has 138 valence electrons. The lowest BCUT2D eigenvalue weighted by atomic mass is 10.1. The number of benzene rings is 1. The van der Waals surface area contributed by atoms with E-state index in [-0.39, 0.29) is 12.0 Å². The van der Waals surface area contributed by atoms with Gasteiger partial charge in [-0.2, -0.15) is 0 Å². The van der Waals surface area contributed by atoms with Gasteiger partial charge in [-0.15, -0.1) is 0 Å². The van der Waals surface area contributed by atoms with E-state index in [0.717, 1.165) is 50.4 Å². The van der Waals surface area contributed by atoms with Crippen molar-refractivity contribution in [2.75, 3.05) is 26.2 Å². The normalized spacial score (nSPS) is 17.6. The number of nitrogens with one attached hydrogen (secondary N) is 2. The molecule has 1 aromatic carbocycles. The molecule has 0 aromatic heterocycles. The number of likely N-dealkylation sites (tertiary alicyclic amines) is 1. The molecule has 25 heavy (non-hydrogen) atoms. The Morgan fingerprint density at radius 1 is 1.28 bits per heavy atom. The third-order valence-electron chi connectivity index (χ3n) is 4.24. The van der Waals surface area contributed by atoms with Crippen molar-refractivity contribution in [1.29, 1.82) is 0 Å². The summed E-state index contributed by atoms with van der Waals surface area (Å²) < 4.78 is 0. The van der Waals surface area contributed by atoms with E-state index in [4.69, 9.17) is 0 Å². The predicted octanol–water partition coefficient (Wildman–Crippen LogP) is 1.75. The maximum Gasteiger partial charge on any atom is 0.251 e. The number of unbranched alkanes of at least 4 members (excludes halogenated alkanes) is 1. The summed E-state index contributed by atoms with van der Waals surface area (Å²) in [5.41, 5.74) is 1.73. The van der Waals surface area contributed by atoms with Crippen LogP contribution in [-0.2, 0) is 6.54 Å². The average Bonchev–Trinajstić information content (AvgIpc) is 3.05. The van der Waals surface area contributed by atoms with Gasteiger partial charge in [-0.3, -0.25) is 4.79 Å². The van der Waals surface area contributed by atoms with Crippen LogP contribution < -0.4 is 10.6 Å². The number of guanidine groups is 1. The first kappa shape index (κ1) is 19.2. The summed E-state index contributed by atoms with van der Waals surface area (Å²) in [5, 5.41) is 15.9. The summed E-state index contributed by atoms with van der Waals surface area (Å²) >= 11 is 0. The topological polar surface area (TPSA) is 77.0 Å². The van der Waals surface area contributed by atoms with Gasteiger partial charge in [0.15, 0.2) is 5.96 Å². The number of aliphatic hydroxyl groups excluding tert-OH is 1. The molecular formula is C19H30N4O2. The van der Waals surface area contributed by atoms with Gasteiger partial charge in [0.1, 0.15) is 0 Å². The van der Waals surface area contributed by atoms with Gasteiger partial charge in [-0.05, 0) is 37.5 Å². The molecule has 3 N–H and O–H groups in total. The third kappa shape index (κ3) is 6.05. The Morgan fingerprint density at radius 2 is 2.04 bits per heavy atom. The Bertz CT molecular complexity index is 571. The summed E-state index contributed by atoms with van der Waals surface area (Å²) in [5.74, 6) is 0.809. The van der Waals surface area contributed by atoms with E-state index in [1.165, 1.54) is 0 Å². The number of carbonyl (C=O) groups is 1. The minimum absolute atomic E-state index is 0.0251. The number of β-amino-alcohol motifs (C(OH)–C–C–N with tert-alkyl or cyclic N) is 1. The van der Waals surface area contributed by atoms with E-state index in [2.05, 4.69) is 27.4 Å². The highest BCUT2D eigenvalue weighted by Crippen LogP contribution is 2.10. The molecule has 1 unspecified atom stereocenters. The first-order valence-corrected chi connectivity index (χ1v) is 9.22. The van der Waals surface area contributed by atoms with Crippen LogP contribution in [0.1, 0.15) is 49.0 Å². The fraction of sp³-hybridized carbons (Fsp3) is 0.579. The van der Waals surface area contributed by atoms with Crippen LogP contribution in [0.5, 0.6) is 0 Å².